The van der Waals surface area contributed by atoms with Crippen LogP contribution >= 0.6 is 0 Å². The second-order valence-electron chi connectivity index (χ2n) is 3.61. The van der Waals surface area contributed by atoms with E-state index in [0.29, 0.717) is 17.7 Å². The number of nitrogens with one attached hydrogen (secondary N) is 1. The minimum Gasteiger partial charge on any atom is -0.464 e. The van der Waals surface area contributed by atoms with Gasteiger partial charge >= 0.3 is 0 Å². The second-order valence-corrected chi connectivity index (χ2v) is 3.61. The Hall–Kier alpha value is -1.39. The van der Waals surface area contributed by atoms with Crippen LogP contribution in [0.25, 0.3) is 11.0 Å². The topological polar surface area (TPSA) is 34.4 Å². The van der Waals surface area contributed by atoms with Crippen molar-refractivity contribution in [2.45, 2.75) is 6.10 Å². The number of methoxy groups -OCH3 is 1. The molecule has 0 fully saturated rings. The number of furan rings is 1. The minimum absolute atomic E-state index is 0.288. The van der Waals surface area contributed by atoms with Crippen molar-refractivity contribution < 1.29 is 13.5 Å². The van der Waals surface area contributed by atoms with Crippen molar-refractivity contribution in [3.63, 3.8) is 0 Å². The summed E-state index contributed by atoms with van der Waals surface area (Å²) in [6, 6.07) is 4.97. The van der Waals surface area contributed by atoms with Crippen LogP contribution in [-0.4, -0.2) is 20.7 Å². The molecule has 1 atom stereocenters. The first-order chi connectivity index (χ1) is 7.76. The number of ether oxygens (including phenoxy) is 1. The molecule has 1 N–H and O–H groups in total. The lowest BCUT2D eigenvalue weighted by atomic mass is 10.1. The zero-order valence-electron chi connectivity index (χ0n) is 9.29. The fourth-order valence-corrected chi connectivity index (χ4v) is 1.75. The maximum absolute atomic E-state index is 13.8. The number of fused-ring (bicyclic) bond motifs is 1. The molecule has 0 saturated heterocycles. The van der Waals surface area contributed by atoms with Crippen LogP contribution in [0.4, 0.5) is 4.39 Å². The molecule has 0 bridgehead atoms. The summed E-state index contributed by atoms with van der Waals surface area (Å²) in [4.78, 5) is 0. The van der Waals surface area contributed by atoms with Gasteiger partial charge in [0.1, 0.15) is 11.4 Å². The Morgan fingerprint density at radius 3 is 3.00 bits per heavy atom. The average molecular weight is 223 g/mol. The van der Waals surface area contributed by atoms with Crippen molar-refractivity contribution in [3.8, 4) is 0 Å². The van der Waals surface area contributed by atoms with Gasteiger partial charge < -0.3 is 14.5 Å². The van der Waals surface area contributed by atoms with E-state index in [2.05, 4.69) is 5.32 Å². The fourth-order valence-electron chi connectivity index (χ4n) is 1.75. The third-order valence-corrected chi connectivity index (χ3v) is 2.59. The van der Waals surface area contributed by atoms with Crippen molar-refractivity contribution in [3.05, 3.63) is 35.8 Å². The summed E-state index contributed by atoms with van der Waals surface area (Å²) in [5.41, 5.74) is 1.10. The Kier molecular flexibility index (Phi) is 3.22. The third-order valence-electron chi connectivity index (χ3n) is 2.59. The first-order valence-corrected chi connectivity index (χ1v) is 5.10. The number of hydrogen-bond acceptors (Lipinski definition) is 3. The van der Waals surface area contributed by atoms with Crippen molar-refractivity contribution >= 4 is 11.0 Å². The van der Waals surface area contributed by atoms with E-state index >= 15 is 0 Å². The summed E-state index contributed by atoms with van der Waals surface area (Å²) in [6.45, 7) is 0.566. The van der Waals surface area contributed by atoms with Crippen LogP contribution in [-0.2, 0) is 4.74 Å². The van der Waals surface area contributed by atoms with Gasteiger partial charge in [0.2, 0.25) is 0 Å². The van der Waals surface area contributed by atoms with Gasteiger partial charge in [-0.2, -0.15) is 0 Å². The average Bonchev–Trinajstić information content (AvgIpc) is 2.72. The summed E-state index contributed by atoms with van der Waals surface area (Å²) < 4.78 is 24.2. The van der Waals surface area contributed by atoms with E-state index in [9.17, 15) is 4.39 Å². The van der Waals surface area contributed by atoms with Gasteiger partial charge in [-0.3, -0.25) is 0 Å². The molecule has 86 valence electrons. The molecule has 1 unspecified atom stereocenters. The third kappa shape index (κ3) is 1.94. The number of halogens is 1. The molecule has 0 aliphatic rings. The van der Waals surface area contributed by atoms with E-state index < -0.39 is 0 Å². The summed E-state index contributed by atoms with van der Waals surface area (Å²) in [5, 5.41) is 3.86. The Morgan fingerprint density at radius 2 is 2.31 bits per heavy atom. The van der Waals surface area contributed by atoms with Crippen molar-refractivity contribution in [2.24, 2.45) is 0 Å². The zero-order valence-corrected chi connectivity index (χ0v) is 9.29. The fraction of sp³-hybridized carbons (Fsp3) is 0.333. The highest BCUT2D eigenvalue weighted by atomic mass is 19.1. The predicted molar refractivity (Wildman–Crippen MR) is 59.8 cm³/mol. The smallest absolute Gasteiger partial charge is 0.136 e. The lowest BCUT2D eigenvalue weighted by molar-refractivity contribution is 0.101. The van der Waals surface area contributed by atoms with Crippen LogP contribution in [0.3, 0.4) is 0 Å². The van der Waals surface area contributed by atoms with Gasteiger partial charge in [-0.1, -0.05) is 0 Å². The molecule has 0 amide bonds. The normalized spacial score (nSPS) is 13.2. The summed E-state index contributed by atoms with van der Waals surface area (Å²) >= 11 is 0. The molecular formula is C12H14FNO2. The molecule has 16 heavy (non-hydrogen) atoms. The highest BCUT2D eigenvalue weighted by molar-refractivity contribution is 5.78. The second kappa shape index (κ2) is 4.63. The number of rotatable bonds is 4. The molecule has 1 heterocycles. The van der Waals surface area contributed by atoms with Crippen LogP contribution in [0, 0.1) is 5.82 Å². The molecule has 3 nitrogen and oxygen atoms in total. The quantitative estimate of drug-likeness (QED) is 0.864. The molecule has 0 spiro atoms. The van der Waals surface area contributed by atoms with Crippen LogP contribution in [0.2, 0.25) is 0 Å². The van der Waals surface area contributed by atoms with E-state index in [-0.39, 0.29) is 11.9 Å². The van der Waals surface area contributed by atoms with Crippen molar-refractivity contribution in [1.82, 2.24) is 5.32 Å². The molecule has 4 heteroatoms. The van der Waals surface area contributed by atoms with Crippen molar-refractivity contribution in [2.75, 3.05) is 20.7 Å². The number of benzene rings is 1. The van der Waals surface area contributed by atoms with Crippen molar-refractivity contribution in [1.29, 1.82) is 0 Å². The molecule has 0 aliphatic heterocycles. The monoisotopic (exact) mass is 223 g/mol. The van der Waals surface area contributed by atoms with Gasteiger partial charge in [0.25, 0.3) is 0 Å². The van der Waals surface area contributed by atoms with Gasteiger partial charge in [0.05, 0.1) is 12.4 Å². The Labute approximate surface area is 93.2 Å². The highest BCUT2D eigenvalue weighted by Gasteiger charge is 2.16. The lowest BCUT2D eigenvalue weighted by Crippen LogP contribution is -2.19. The summed E-state index contributed by atoms with van der Waals surface area (Å²) in [5.74, 6) is -0.301. The Bertz CT molecular complexity index is 481. The maximum Gasteiger partial charge on any atom is 0.136 e. The van der Waals surface area contributed by atoms with E-state index in [0.717, 1.165) is 5.39 Å². The van der Waals surface area contributed by atoms with Gasteiger partial charge in [0.15, 0.2) is 0 Å². The molecule has 2 aromatic rings. The van der Waals surface area contributed by atoms with Crippen LogP contribution in [0.5, 0.6) is 0 Å². The van der Waals surface area contributed by atoms with Gasteiger partial charge in [-0.25, -0.2) is 4.39 Å². The lowest BCUT2D eigenvalue weighted by Gasteiger charge is -2.15. The molecule has 0 aliphatic carbocycles. The Balaban J connectivity index is 2.44. The van der Waals surface area contributed by atoms with E-state index in [1.54, 1.807) is 26.5 Å². The first kappa shape index (κ1) is 11.1. The van der Waals surface area contributed by atoms with E-state index in [1.165, 1.54) is 6.07 Å². The summed E-state index contributed by atoms with van der Waals surface area (Å²) in [6.07, 6.45) is 1.26. The van der Waals surface area contributed by atoms with Gasteiger partial charge in [0, 0.05) is 30.7 Å². The molecule has 0 radical (unpaired) electrons. The SMILES string of the molecule is CNCC(OC)c1cc2ccoc2cc1F. The zero-order chi connectivity index (χ0) is 11.5. The van der Waals surface area contributed by atoms with Gasteiger partial charge in [-0.05, 0) is 19.2 Å². The number of hydrogen-bond donors (Lipinski definition) is 1. The van der Waals surface area contributed by atoms with Crippen LogP contribution in [0.1, 0.15) is 11.7 Å². The van der Waals surface area contributed by atoms with E-state index in [4.69, 9.17) is 9.15 Å². The summed E-state index contributed by atoms with van der Waals surface area (Å²) in [7, 11) is 3.38. The van der Waals surface area contributed by atoms with Gasteiger partial charge in [-0.15, -0.1) is 0 Å². The molecule has 1 aromatic heterocycles. The predicted octanol–water partition coefficient (Wildman–Crippen LogP) is 2.48. The highest BCUT2D eigenvalue weighted by Crippen LogP contribution is 2.25. The first-order valence-electron chi connectivity index (χ1n) is 5.10. The number of likely N-dealkylation sites (N-methyl/N-ethyl adjacent to an activating group) is 1. The molecule has 2 rings (SSSR count). The van der Waals surface area contributed by atoms with Crippen LogP contribution < -0.4 is 5.32 Å². The Morgan fingerprint density at radius 1 is 1.50 bits per heavy atom. The largest absolute Gasteiger partial charge is 0.464 e. The minimum atomic E-state index is -0.301. The standard InChI is InChI=1S/C12H14FNO2/c1-14-7-12(15-2)9-5-8-3-4-16-11(8)6-10(9)13/h3-6,12,14H,7H2,1-2H3. The molecule has 1 aromatic carbocycles. The molecule has 0 saturated carbocycles. The molecular weight excluding hydrogens is 209 g/mol. The maximum atomic E-state index is 13.8. The van der Waals surface area contributed by atoms with E-state index in [1.807, 2.05) is 6.07 Å². The van der Waals surface area contributed by atoms with Crippen LogP contribution in [0.15, 0.2) is 28.9 Å².